The molecule has 0 aromatic carbocycles. The molecule has 0 aliphatic rings. The Hall–Kier alpha value is -0.290. The third-order valence-electron chi connectivity index (χ3n) is 3.06. The number of ether oxygens (including phenoxy) is 1. The van der Waals surface area contributed by atoms with Crippen LogP contribution in [0.2, 0.25) is 0 Å². The summed E-state index contributed by atoms with van der Waals surface area (Å²) in [6.45, 7) is 4.86. The first-order chi connectivity index (χ1) is 7.21. The van der Waals surface area contributed by atoms with E-state index in [2.05, 4.69) is 4.74 Å². The highest BCUT2D eigenvalue weighted by molar-refractivity contribution is 4.76. The molecule has 98 valence electrons. The van der Waals surface area contributed by atoms with Crippen LogP contribution in [0.4, 0.5) is 13.2 Å². The van der Waals surface area contributed by atoms with E-state index in [0.29, 0.717) is 18.8 Å². The maximum absolute atomic E-state index is 11.7. The van der Waals surface area contributed by atoms with Crippen molar-refractivity contribution in [2.24, 2.45) is 11.3 Å². The first kappa shape index (κ1) is 15.7. The fourth-order valence-electron chi connectivity index (χ4n) is 1.32. The average Bonchev–Trinajstić information content (AvgIpc) is 2.14. The second-order valence-corrected chi connectivity index (χ2v) is 4.74. The Morgan fingerprint density at radius 2 is 1.81 bits per heavy atom. The van der Waals surface area contributed by atoms with Crippen molar-refractivity contribution in [1.82, 2.24) is 0 Å². The molecule has 0 saturated heterocycles. The zero-order valence-corrected chi connectivity index (χ0v) is 10.1. The van der Waals surface area contributed by atoms with Crippen LogP contribution in [0, 0.1) is 11.3 Å². The molecule has 0 rings (SSSR count). The normalized spacial score (nSPS) is 16.5. The number of hydrogen-bond donors (Lipinski definition) is 1. The standard InChI is InChI=1S/C11H21F3O2/c1-9(2)10(3,7-15)5-4-6-16-8-11(12,13)14/h9,15H,4-8H2,1-3H3. The molecule has 0 fully saturated rings. The van der Waals surface area contributed by atoms with Gasteiger partial charge >= 0.3 is 6.18 Å². The summed E-state index contributed by atoms with van der Waals surface area (Å²) < 4.78 is 39.7. The molecule has 1 N–H and O–H groups in total. The van der Waals surface area contributed by atoms with E-state index < -0.39 is 12.8 Å². The molecule has 16 heavy (non-hydrogen) atoms. The zero-order chi connectivity index (χ0) is 12.8. The molecule has 0 aromatic heterocycles. The lowest BCUT2D eigenvalue weighted by molar-refractivity contribution is -0.174. The van der Waals surface area contributed by atoms with Gasteiger partial charge in [0.1, 0.15) is 6.61 Å². The molecule has 0 amide bonds. The van der Waals surface area contributed by atoms with Crippen molar-refractivity contribution >= 4 is 0 Å². The molecule has 0 heterocycles. The Morgan fingerprint density at radius 3 is 2.19 bits per heavy atom. The Bertz CT molecular complexity index is 192. The van der Waals surface area contributed by atoms with Gasteiger partial charge in [0.25, 0.3) is 0 Å². The molecule has 0 aliphatic carbocycles. The topological polar surface area (TPSA) is 29.5 Å². The molecule has 0 aromatic rings. The van der Waals surface area contributed by atoms with Crippen molar-refractivity contribution in [3.8, 4) is 0 Å². The summed E-state index contributed by atoms with van der Waals surface area (Å²) in [5, 5.41) is 9.22. The van der Waals surface area contributed by atoms with E-state index >= 15 is 0 Å². The number of hydrogen-bond acceptors (Lipinski definition) is 2. The van der Waals surface area contributed by atoms with E-state index in [4.69, 9.17) is 0 Å². The lowest BCUT2D eigenvalue weighted by atomic mass is 9.76. The largest absolute Gasteiger partial charge is 0.411 e. The van der Waals surface area contributed by atoms with Crippen LogP contribution in [-0.4, -0.2) is 31.1 Å². The van der Waals surface area contributed by atoms with Crippen LogP contribution in [0.25, 0.3) is 0 Å². The van der Waals surface area contributed by atoms with Crippen LogP contribution in [0.5, 0.6) is 0 Å². The van der Waals surface area contributed by atoms with Crippen LogP contribution in [0.1, 0.15) is 33.6 Å². The van der Waals surface area contributed by atoms with Crippen molar-refractivity contribution in [3.63, 3.8) is 0 Å². The van der Waals surface area contributed by atoms with Crippen molar-refractivity contribution in [2.45, 2.75) is 39.8 Å². The van der Waals surface area contributed by atoms with Crippen molar-refractivity contribution < 1.29 is 23.0 Å². The van der Waals surface area contributed by atoms with Crippen molar-refractivity contribution in [2.75, 3.05) is 19.8 Å². The maximum Gasteiger partial charge on any atom is 0.411 e. The van der Waals surface area contributed by atoms with E-state index in [1.54, 1.807) is 0 Å². The third kappa shape index (κ3) is 6.33. The predicted octanol–water partition coefficient (Wildman–Crippen LogP) is 3.00. The van der Waals surface area contributed by atoms with Gasteiger partial charge in [-0.2, -0.15) is 13.2 Å². The Morgan fingerprint density at radius 1 is 1.25 bits per heavy atom. The summed E-state index contributed by atoms with van der Waals surface area (Å²) in [5.74, 6) is 0.292. The predicted molar refractivity (Wildman–Crippen MR) is 56.1 cm³/mol. The molecule has 0 saturated carbocycles. The fourth-order valence-corrected chi connectivity index (χ4v) is 1.32. The summed E-state index contributed by atoms with van der Waals surface area (Å²) in [6.07, 6.45) is -3.05. The number of halogens is 3. The van der Waals surface area contributed by atoms with E-state index in [1.165, 1.54) is 0 Å². The number of aliphatic hydroxyl groups is 1. The monoisotopic (exact) mass is 242 g/mol. The Labute approximate surface area is 94.8 Å². The van der Waals surface area contributed by atoms with Gasteiger partial charge in [-0.3, -0.25) is 0 Å². The first-order valence-corrected chi connectivity index (χ1v) is 5.46. The van der Waals surface area contributed by atoms with Crippen LogP contribution in [0.3, 0.4) is 0 Å². The Balaban J connectivity index is 3.73. The number of aliphatic hydroxyl groups excluding tert-OH is 1. The molecule has 1 atom stereocenters. The molecule has 1 unspecified atom stereocenters. The summed E-state index contributed by atoms with van der Waals surface area (Å²) in [4.78, 5) is 0. The minimum Gasteiger partial charge on any atom is -0.396 e. The number of rotatable bonds is 7. The zero-order valence-electron chi connectivity index (χ0n) is 10.1. The van der Waals surface area contributed by atoms with Crippen LogP contribution < -0.4 is 0 Å². The first-order valence-electron chi connectivity index (χ1n) is 5.46. The number of alkyl halides is 3. The average molecular weight is 242 g/mol. The van der Waals surface area contributed by atoms with Gasteiger partial charge in [-0.15, -0.1) is 0 Å². The smallest absolute Gasteiger partial charge is 0.396 e. The van der Waals surface area contributed by atoms with Gasteiger partial charge in [-0.1, -0.05) is 20.8 Å². The van der Waals surface area contributed by atoms with E-state index in [1.807, 2.05) is 20.8 Å². The SMILES string of the molecule is CC(C)C(C)(CO)CCCOCC(F)(F)F. The fraction of sp³-hybridized carbons (Fsp3) is 1.00. The van der Waals surface area contributed by atoms with Gasteiger partial charge in [0.2, 0.25) is 0 Å². The van der Waals surface area contributed by atoms with Gasteiger partial charge in [-0.05, 0) is 24.2 Å². The summed E-state index contributed by atoms with van der Waals surface area (Å²) in [7, 11) is 0. The second-order valence-electron chi connectivity index (χ2n) is 4.74. The van der Waals surface area contributed by atoms with Gasteiger partial charge in [0, 0.05) is 13.2 Å². The van der Waals surface area contributed by atoms with Crippen LogP contribution in [-0.2, 0) is 4.74 Å². The minimum atomic E-state index is -4.25. The van der Waals surface area contributed by atoms with Gasteiger partial charge in [-0.25, -0.2) is 0 Å². The minimum absolute atomic E-state index is 0.0456. The molecule has 0 bridgehead atoms. The quantitative estimate of drug-likeness (QED) is 0.695. The third-order valence-corrected chi connectivity index (χ3v) is 3.06. The molecule has 2 nitrogen and oxygen atoms in total. The molecule has 0 radical (unpaired) electrons. The van der Waals surface area contributed by atoms with Crippen LogP contribution >= 0.6 is 0 Å². The van der Waals surface area contributed by atoms with Crippen molar-refractivity contribution in [3.05, 3.63) is 0 Å². The highest BCUT2D eigenvalue weighted by atomic mass is 19.4. The van der Waals surface area contributed by atoms with Gasteiger partial charge in [0.15, 0.2) is 0 Å². The van der Waals surface area contributed by atoms with E-state index in [0.717, 1.165) is 0 Å². The molecular formula is C11H21F3O2. The molecule has 5 heteroatoms. The molecule has 0 spiro atoms. The second kappa shape index (κ2) is 6.45. The highest BCUT2D eigenvalue weighted by Crippen LogP contribution is 2.31. The summed E-state index contributed by atoms with van der Waals surface area (Å²) >= 11 is 0. The summed E-state index contributed by atoms with van der Waals surface area (Å²) in [5.41, 5.74) is -0.235. The highest BCUT2D eigenvalue weighted by Gasteiger charge is 2.29. The van der Waals surface area contributed by atoms with Gasteiger partial charge < -0.3 is 9.84 Å². The molecular weight excluding hydrogens is 221 g/mol. The van der Waals surface area contributed by atoms with E-state index in [-0.39, 0.29) is 18.6 Å². The van der Waals surface area contributed by atoms with Crippen molar-refractivity contribution in [1.29, 1.82) is 0 Å². The Kier molecular flexibility index (Phi) is 6.33. The molecule has 0 aliphatic heterocycles. The van der Waals surface area contributed by atoms with Crippen LogP contribution in [0.15, 0.2) is 0 Å². The van der Waals surface area contributed by atoms with Gasteiger partial charge in [0.05, 0.1) is 0 Å². The maximum atomic E-state index is 11.7. The van der Waals surface area contributed by atoms with E-state index in [9.17, 15) is 18.3 Å². The summed E-state index contributed by atoms with van der Waals surface area (Å²) in [6, 6.07) is 0. The lowest BCUT2D eigenvalue weighted by Gasteiger charge is -2.31. The lowest BCUT2D eigenvalue weighted by Crippen LogP contribution is -2.28.